The fourth-order valence-electron chi connectivity index (χ4n) is 2.65. The molecule has 6 heteroatoms. The van der Waals surface area contributed by atoms with Crippen molar-refractivity contribution in [3.63, 3.8) is 0 Å². The zero-order valence-electron chi connectivity index (χ0n) is 14.0. The Morgan fingerprint density at radius 2 is 1.68 bits per heavy atom. The molecule has 0 amide bonds. The van der Waals surface area contributed by atoms with Gasteiger partial charge in [-0.2, -0.15) is 18.4 Å². The summed E-state index contributed by atoms with van der Waals surface area (Å²) in [4.78, 5) is 2.57. The summed E-state index contributed by atoms with van der Waals surface area (Å²) in [7, 11) is -3.60. The van der Waals surface area contributed by atoms with Gasteiger partial charge in [0.2, 0.25) is 0 Å². The molecular formula is C16H22N2NaO2S+. The van der Waals surface area contributed by atoms with E-state index in [1.807, 2.05) is 19.9 Å². The number of benzene rings is 1. The van der Waals surface area contributed by atoms with Gasteiger partial charge in [-0.1, -0.05) is 37.1 Å². The summed E-state index contributed by atoms with van der Waals surface area (Å²) in [6.07, 6.45) is 3.74. The molecule has 1 aromatic rings. The summed E-state index contributed by atoms with van der Waals surface area (Å²) in [5.74, 6) is 0. The van der Waals surface area contributed by atoms with Crippen molar-refractivity contribution in [3.05, 3.63) is 41.5 Å². The van der Waals surface area contributed by atoms with Crippen LogP contribution in [0.3, 0.4) is 0 Å². The third kappa shape index (κ3) is 5.23. The number of aryl methyl sites for hydroxylation is 1. The normalized spacial score (nSPS) is 19.3. The Hall–Kier alpha value is -0.620. The molecule has 1 aliphatic carbocycles. The average molecular weight is 329 g/mol. The molecule has 0 bridgehead atoms. The molecule has 1 N–H and O–H groups in total. The van der Waals surface area contributed by atoms with Crippen LogP contribution in [-0.2, 0) is 10.0 Å². The van der Waals surface area contributed by atoms with E-state index in [1.54, 1.807) is 24.3 Å². The minimum Gasteiger partial charge on any atom is -0.200 e. The Balaban J connectivity index is 0.00000242. The van der Waals surface area contributed by atoms with Gasteiger partial charge in [0.15, 0.2) is 0 Å². The Morgan fingerprint density at radius 1 is 1.09 bits per heavy atom. The number of sulfonamides is 1. The first kappa shape index (κ1) is 19.4. The van der Waals surface area contributed by atoms with Crippen molar-refractivity contribution in [3.8, 4) is 0 Å². The molecule has 1 aromatic carbocycles. The molecule has 0 fully saturated rings. The largest absolute Gasteiger partial charge is 1.00 e. The summed E-state index contributed by atoms with van der Waals surface area (Å²) in [6.45, 7) is 8.29. The molecule has 114 valence electrons. The second-order valence-corrected chi connectivity index (χ2v) is 8.18. The van der Waals surface area contributed by atoms with E-state index in [2.05, 4.69) is 23.8 Å². The molecule has 0 aromatic heterocycles. The minimum absolute atomic E-state index is 0. The maximum atomic E-state index is 12.2. The van der Waals surface area contributed by atoms with Crippen LogP contribution in [0.15, 0.2) is 45.9 Å². The topological polar surface area (TPSA) is 58.5 Å². The van der Waals surface area contributed by atoms with Crippen molar-refractivity contribution in [2.24, 2.45) is 10.5 Å². The van der Waals surface area contributed by atoms with E-state index >= 15 is 0 Å². The standard InChI is InChI=1S/C16H22N2O2S.Na/c1-12-5-7-15(8-6-12)21(19,20)18-17-14-9-13(2)10-16(3,4)11-14;/h5-9,18H,10-11H2,1-4H3;/q;+1/b17-14-;. The monoisotopic (exact) mass is 329 g/mol. The summed E-state index contributed by atoms with van der Waals surface area (Å²) in [5.41, 5.74) is 3.14. The molecule has 2 rings (SSSR count). The van der Waals surface area contributed by atoms with E-state index in [4.69, 9.17) is 0 Å². The Kier molecular flexibility index (Phi) is 6.45. The number of hydrazone groups is 1. The van der Waals surface area contributed by atoms with Crippen LogP contribution >= 0.6 is 0 Å². The van der Waals surface area contributed by atoms with Gasteiger partial charge in [0.05, 0.1) is 10.6 Å². The van der Waals surface area contributed by atoms with Crippen LogP contribution in [0.4, 0.5) is 0 Å². The predicted molar refractivity (Wildman–Crippen MR) is 85.7 cm³/mol. The second kappa shape index (κ2) is 7.30. The number of rotatable bonds is 3. The van der Waals surface area contributed by atoms with Gasteiger partial charge >= 0.3 is 29.6 Å². The maximum Gasteiger partial charge on any atom is 1.00 e. The van der Waals surface area contributed by atoms with Gasteiger partial charge in [-0.25, -0.2) is 0 Å². The van der Waals surface area contributed by atoms with Crippen molar-refractivity contribution in [1.29, 1.82) is 0 Å². The molecule has 0 heterocycles. The quantitative estimate of drug-likeness (QED) is 0.645. The van der Waals surface area contributed by atoms with Gasteiger partial charge in [-0.3, -0.25) is 0 Å². The van der Waals surface area contributed by atoms with E-state index in [-0.39, 0.29) is 39.9 Å². The van der Waals surface area contributed by atoms with Crippen LogP contribution < -0.4 is 34.4 Å². The van der Waals surface area contributed by atoms with E-state index in [0.717, 1.165) is 24.1 Å². The van der Waals surface area contributed by atoms with Crippen LogP contribution in [0, 0.1) is 12.3 Å². The van der Waals surface area contributed by atoms with Crippen molar-refractivity contribution < 1.29 is 38.0 Å². The van der Waals surface area contributed by atoms with Gasteiger partial charge in [-0.05, 0) is 50.3 Å². The van der Waals surface area contributed by atoms with E-state index in [1.165, 1.54) is 5.57 Å². The molecule has 0 saturated carbocycles. The number of hydrogen-bond donors (Lipinski definition) is 1. The molecule has 22 heavy (non-hydrogen) atoms. The molecule has 0 atom stereocenters. The summed E-state index contributed by atoms with van der Waals surface area (Å²) in [6, 6.07) is 6.72. The smallest absolute Gasteiger partial charge is 0.200 e. The Bertz CT molecular complexity index is 689. The molecule has 0 radical (unpaired) electrons. The predicted octanol–water partition coefficient (Wildman–Crippen LogP) is 0.400. The van der Waals surface area contributed by atoms with E-state index < -0.39 is 10.0 Å². The van der Waals surface area contributed by atoms with Crippen LogP contribution in [0.25, 0.3) is 0 Å². The molecule has 0 saturated heterocycles. The van der Waals surface area contributed by atoms with Gasteiger partial charge in [0.25, 0.3) is 10.0 Å². The molecule has 0 aliphatic heterocycles. The van der Waals surface area contributed by atoms with Crippen LogP contribution in [-0.4, -0.2) is 14.1 Å². The van der Waals surface area contributed by atoms with Gasteiger partial charge in [0.1, 0.15) is 0 Å². The number of nitrogens with one attached hydrogen (secondary N) is 1. The summed E-state index contributed by atoms with van der Waals surface area (Å²) >= 11 is 0. The Morgan fingerprint density at radius 3 is 2.23 bits per heavy atom. The summed E-state index contributed by atoms with van der Waals surface area (Å²) < 4.78 is 24.4. The van der Waals surface area contributed by atoms with Crippen molar-refractivity contribution in [2.45, 2.75) is 45.4 Å². The average Bonchev–Trinajstić information content (AvgIpc) is 2.35. The third-order valence-electron chi connectivity index (χ3n) is 3.47. The number of nitrogens with zero attached hydrogens (tertiary/aromatic N) is 1. The fourth-order valence-corrected chi connectivity index (χ4v) is 3.49. The third-order valence-corrected chi connectivity index (χ3v) is 4.70. The second-order valence-electron chi connectivity index (χ2n) is 6.52. The van der Waals surface area contributed by atoms with Crippen molar-refractivity contribution in [2.75, 3.05) is 0 Å². The minimum atomic E-state index is -3.60. The van der Waals surface area contributed by atoms with Crippen LogP contribution in [0.5, 0.6) is 0 Å². The van der Waals surface area contributed by atoms with Gasteiger partial charge < -0.3 is 0 Å². The van der Waals surface area contributed by atoms with Gasteiger partial charge in [0, 0.05) is 0 Å². The number of hydrogen-bond acceptors (Lipinski definition) is 3. The molecule has 0 spiro atoms. The SMILES string of the molecule is CC1=C/C(=N/NS(=O)(=O)c2ccc(C)cc2)CC(C)(C)C1.[Na+]. The van der Waals surface area contributed by atoms with Crippen molar-refractivity contribution >= 4 is 15.7 Å². The summed E-state index contributed by atoms with van der Waals surface area (Å²) in [5, 5.41) is 4.10. The first-order valence-corrected chi connectivity index (χ1v) is 8.48. The van der Waals surface area contributed by atoms with Crippen LogP contribution in [0.2, 0.25) is 0 Å². The first-order chi connectivity index (χ1) is 9.68. The van der Waals surface area contributed by atoms with Gasteiger partial charge in [-0.15, -0.1) is 0 Å². The van der Waals surface area contributed by atoms with Crippen molar-refractivity contribution in [1.82, 2.24) is 4.83 Å². The zero-order valence-corrected chi connectivity index (χ0v) is 16.8. The molecule has 0 unspecified atom stereocenters. The Labute approximate surface area is 155 Å². The number of allylic oxidation sites excluding steroid dienone is 2. The fraction of sp³-hybridized carbons (Fsp3) is 0.438. The maximum absolute atomic E-state index is 12.2. The van der Waals surface area contributed by atoms with E-state index in [9.17, 15) is 8.42 Å². The van der Waals surface area contributed by atoms with Crippen LogP contribution in [0.1, 0.15) is 39.2 Å². The van der Waals surface area contributed by atoms with E-state index in [0.29, 0.717) is 0 Å². The molecular weight excluding hydrogens is 307 g/mol. The zero-order chi connectivity index (χ0) is 15.7. The first-order valence-electron chi connectivity index (χ1n) is 7.00. The molecule has 4 nitrogen and oxygen atoms in total. The molecule has 1 aliphatic rings.